The van der Waals surface area contributed by atoms with Gasteiger partial charge in [-0.25, -0.2) is 14.2 Å². The van der Waals surface area contributed by atoms with Crippen LogP contribution in [0.1, 0.15) is 59.0 Å². The van der Waals surface area contributed by atoms with Crippen LogP contribution in [0, 0.1) is 12.7 Å². The zero-order valence-corrected chi connectivity index (χ0v) is 18.3. The Labute approximate surface area is 184 Å². The number of hydrogen-bond acceptors (Lipinski definition) is 5. The van der Waals surface area contributed by atoms with Crippen LogP contribution in [-0.4, -0.2) is 33.8 Å². The van der Waals surface area contributed by atoms with Crippen molar-refractivity contribution in [2.24, 2.45) is 7.05 Å². The van der Waals surface area contributed by atoms with Gasteiger partial charge in [-0.2, -0.15) is 0 Å². The maximum atomic E-state index is 13.6. The number of aryl methyl sites for hydroxylation is 1. The second kappa shape index (κ2) is 8.70. The number of carboxylic acids is 1. The number of carbonyl (C=O) groups is 1. The van der Waals surface area contributed by atoms with E-state index < -0.39 is 11.8 Å². The van der Waals surface area contributed by atoms with Crippen LogP contribution in [0.5, 0.6) is 0 Å². The lowest BCUT2D eigenvalue weighted by Crippen LogP contribution is -2.28. The minimum atomic E-state index is -1.22. The van der Waals surface area contributed by atoms with E-state index in [1.165, 1.54) is 12.1 Å². The predicted octanol–water partition coefficient (Wildman–Crippen LogP) is 4.15. The number of hydrogen-bond donors (Lipinski definition) is 2. The number of anilines is 1. The van der Waals surface area contributed by atoms with Gasteiger partial charge in [-0.3, -0.25) is 9.36 Å². The number of fused-ring (bicyclic) bond motifs is 1. The second-order valence-electron chi connectivity index (χ2n) is 8.36. The van der Waals surface area contributed by atoms with Gasteiger partial charge in [0, 0.05) is 30.8 Å². The number of carboxylic acid groups (broad SMARTS) is 1. The first-order chi connectivity index (χ1) is 15.3. The molecule has 2 atom stereocenters. The fourth-order valence-corrected chi connectivity index (χ4v) is 4.34. The van der Waals surface area contributed by atoms with Gasteiger partial charge in [0.15, 0.2) is 0 Å². The summed E-state index contributed by atoms with van der Waals surface area (Å²) in [5, 5.41) is 13.1. The Bertz CT molecular complexity index is 1250. The Morgan fingerprint density at radius 1 is 1.34 bits per heavy atom. The van der Waals surface area contributed by atoms with Crippen molar-refractivity contribution in [3.8, 4) is 0 Å². The number of aromatic nitrogens is 2. The third-order valence-electron chi connectivity index (χ3n) is 5.96. The summed E-state index contributed by atoms with van der Waals surface area (Å²) in [6, 6.07) is 6.99. The smallest absolute Gasteiger partial charge is 0.337 e. The summed E-state index contributed by atoms with van der Waals surface area (Å²) in [7, 11) is 1.74. The molecule has 168 valence electrons. The number of aromatic carboxylic acids is 1. The number of ether oxygens (including phenoxy) is 1. The average molecular weight is 439 g/mol. The first kappa shape index (κ1) is 22.0. The molecule has 7 nitrogen and oxygen atoms in total. The van der Waals surface area contributed by atoms with E-state index in [4.69, 9.17) is 9.72 Å². The normalized spacial score (nSPS) is 17.3. The standard InChI is InChI=1S/C24H26FN3O4/c1-13-9-17(14(2)26-20-7-6-16(25)11-18(20)24(30)31)21-19(10-13)23(29)28(3)22(27-21)15-5-4-8-32-12-15/h6-7,9-11,14-15,26H,4-5,8,12H2,1-3H3,(H,30,31)/t14-,15+/m1/s1. The predicted molar refractivity (Wildman–Crippen MR) is 120 cm³/mol. The van der Waals surface area contributed by atoms with Gasteiger partial charge in [0.2, 0.25) is 0 Å². The Hall–Kier alpha value is -3.26. The van der Waals surface area contributed by atoms with Crippen LogP contribution >= 0.6 is 0 Å². The molecule has 1 saturated heterocycles. The van der Waals surface area contributed by atoms with Crippen molar-refractivity contribution in [1.82, 2.24) is 9.55 Å². The molecular formula is C24H26FN3O4. The van der Waals surface area contributed by atoms with E-state index >= 15 is 0 Å². The Balaban J connectivity index is 1.82. The first-order valence-corrected chi connectivity index (χ1v) is 10.6. The molecule has 3 aromatic rings. The maximum Gasteiger partial charge on any atom is 0.337 e. The van der Waals surface area contributed by atoms with Crippen molar-refractivity contribution in [3.05, 3.63) is 69.0 Å². The molecule has 0 saturated carbocycles. The average Bonchev–Trinajstić information content (AvgIpc) is 2.77. The summed E-state index contributed by atoms with van der Waals surface area (Å²) in [6.07, 6.45) is 1.82. The van der Waals surface area contributed by atoms with Crippen LogP contribution in [0.4, 0.5) is 10.1 Å². The lowest BCUT2D eigenvalue weighted by Gasteiger charge is -2.25. The first-order valence-electron chi connectivity index (χ1n) is 10.6. The summed E-state index contributed by atoms with van der Waals surface area (Å²) in [5.74, 6) is -1.11. The van der Waals surface area contributed by atoms with Gasteiger partial charge in [-0.05, 0) is 56.5 Å². The van der Waals surface area contributed by atoms with Crippen LogP contribution in [-0.2, 0) is 11.8 Å². The fraction of sp³-hybridized carbons (Fsp3) is 0.375. The second-order valence-corrected chi connectivity index (χ2v) is 8.36. The number of nitrogens with one attached hydrogen (secondary N) is 1. The van der Waals surface area contributed by atoms with Crippen molar-refractivity contribution >= 4 is 22.6 Å². The Kier molecular flexibility index (Phi) is 5.97. The highest BCUT2D eigenvalue weighted by Crippen LogP contribution is 2.30. The molecule has 0 unspecified atom stereocenters. The monoisotopic (exact) mass is 439 g/mol. The van der Waals surface area contributed by atoms with Gasteiger partial charge >= 0.3 is 5.97 Å². The van der Waals surface area contributed by atoms with Crippen molar-refractivity contribution in [3.63, 3.8) is 0 Å². The van der Waals surface area contributed by atoms with Crippen molar-refractivity contribution in [2.75, 3.05) is 18.5 Å². The molecule has 1 aliphatic heterocycles. The van der Waals surface area contributed by atoms with Crippen LogP contribution in [0.25, 0.3) is 10.9 Å². The van der Waals surface area contributed by atoms with Crippen LogP contribution in [0.2, 0.25) is 0 Å². The van der Waals surface area contributed by atoms with Gasteiger partial charge < -0.3 is 15.2 Å². The topological polar surface area (TPSA) is 93.4 Å². The third-order valence-corrected chi connectivity index (χ3v) is 5.96. The molecule has 0 radical (unpaired) electrons. The lowest BCUT2D eigenvalue weighted by molar-refractivity contribution is 0.0697. The Morgan fingerprint density at radius 3 is 2.81 bits per heavy atom. The van der Waals surface area contributed by atoms with Crippen LogP contribution in [0.3, 0.4) is 0 Å². The highest BCUT2D eigenvalue weighted by molar-refractivity contribution is 5.94. The van der Waals surface area contributed by atoms with E-state index in [0.717, 1.165) is 30.0 Å². The molecule has 0 amide bonds. The minimum Gasteiger partial charge on any atom is -0.478 e. The quantitative estimate of drug-likeness (QED) is 0.621. The molecule has 2 aromatic carbocycles. The SMILES string of the molecule is Cc1cc([C@@H](C)Nc2ccc(F)cc2C(=O)O)c2nc([C@H]3CCCOC3)n(C)c(=O)c2c1. The van der Waals surface area contributed by atoms with Crippen molar-refractivity contribution in [2.45, 2.75) is 38.6 Å². The summed E-state index contributed by atoms with van der Waals surface area (Å²) >= 11 is 0. The van der Waals surface area contributed by atoms with Crippen molar-refractivity contribution in [1.29, 1.82) is 0 Å². The summed E-state index contributed by atoms with van der Waals surface area (Å²) < 4.78 is 20.8. The molecule has 2 heterocycles. The lowest BCUT2D eigenvalue weighted by atomic mass is 9.98. The van der Waals surface area contributed by atoms with E-state index in [2.05, 4.69) is 5.32 Å². The van der Waals surface area contributed by atoms with E-state index in [1.54, 1.807) is 11.6 Å². The molecule has 2 N–H and O–H groups in total. The number of nitrogens with zero attached hydrogens (tertiary/aromatic N) is 2. The molecule has 1 aliphatic rings. The van der Waals surface area contributed by atoms with E-state index in [9.17, 15) is 19.1 Å². The van der Waals surface area contributed by atoms with Gasteiger partial charge in [0.25, 0.3) is 5.56 Å². The van der Waals surface area contributed by atoms with E-state index in [-0.39, 0.29) is 23.1 Å². The molecule has 0 aliphatic carbocycles. The van der Waals surface area contributed by atoms with E-state index in [1.807, 2.05) is 26.0 Å². The highest BCUT2D eigenvalue weighted by atomic mass is 19.1. The molecule has 1 aromatic heterocycles. The number of halogens is 1. The molecule has 0 spiro atoms. The molecule has 0 bridgehead atoms. The van der Waals surface area contributed by atoms with Gasteiger partial charge in [-0.1, -0.05) is 6.07 Å². The van der Waals surface area contributed by atoms with E-state index in [0.29, 0.717) is 35.6 Å². The van der Waals surface area contributed by atoms with Crippen molar-refractivity contribution < 1.29 is 19.0 Å². The summed E-state index contributed by atoms with van der Waals surface area (Å²) in [6.45, 7) is 5.01. The number of benzene rings is 2. The molecule has 1 fully saturated rings. The Morgan fingerprint density at radius 2 is 2.12 bits per heavy atom. The molecular weight excluding hydrogens is 413 g/mol. The van der Waals surface area contributed by atoms with Crippen LogP contribution in [0.15, 0.2) is 35.1 Å². The molecule has 32 heavy (non-hydrogen) atoms. The minimum absolute atomic E-state index is 0.0407. The van der Waals surface area contributed by atoms with Gasteiger partial charge in [-0.15, -0.1) is 0 Å². The van der Waals surface area contributed by atoms with Gasteiger partial charge in [0.05, 0.1) is 29.1 Å². The fourth-order valence-electron chi connectivity index (χ4n) is 4.34. The summed E-state index contributed by atoms with van der Waals surface area (Å²) in [4.78, 5) is 29.7. The number of rotatable bonds is 5. The zero-order valence-electron chi connectivity index (χ0n) is 18.3. The molecule has 4 rings (SSSR count). The maximum absolute atomic E-state index is 13.6. The zero-order chi connectivity index (χ0) is 23.0. The highest BCUT2D eigenvalue weighted by Gasteiger charge is 2.24. The third kappa shape index (κ3) is 4.10. The van der Waals surface area contributed by atoms with Crippen LogP contribution < -0.4 is 10.9 Å². The van der Waals surface area contributed by atoms with Gasteiger partial charge in [0.1, 0.15) is 11.6 Å². The largest absolute Gasteiger partial charge is 0.478 e. The molecule has 8 heteroatoms. The summed E-state index contributed by atoms with van der Waals surface area (Å²) in [5.41, 5.74) is 2.27.